The Labute approximate surface area is 116 Å². The molecular formula is C15H14N2O3. The van der Waals surface area contributed by atoms with Crippen LogP contribution in [0, 0.1) is 0 Å². The van der Waals surface area contributed by atoms with Crippen molar-refractivity contribution in [2.45, 2.75) is 26.2 Å². The molecule has 0 radical (unpaired) electrons. The van der Waals surface area contributed by atoms with Crippen molar-refractivity contribution in [2.24, 2.45) is 0 Å². The minimum absolute atomic E-state index is 0.232. The van der Waals surface area contributed by atoms with Crippen molar-refractivity contribution in [3.8, 4) is 0 Å². The minimum Gasteiger partial charge on any atom is -0.359 e. The smallest absolute Gasteiger partial charge is 0.267 e. The zero-order valence-corrected chi connectivity index (χ0v) is 11.5. The Balaban J connectivity index is 2.03. The van der Waals surface area contributed by atoms with Crippen LogP contribution in [0.4, 0.5) is 5.82 Å². The predicted molar refractivity (Wildman–Crippen MR) is 72.8 cm³/mol. The molecule has 0 aliphatic carbocycles. The molecule has 2 aromatic rings. The summed E-state index contributed by atoms with van der Waals surface area (Å²) in [6.45, 7) is 5.92. The van der Waals surface area contributed by atoms with Gasteiger partial charge in [-0.1, -0.05) is 38.1 Å². The number of carbonyl (C=O) groups excluding carboxylic acids is 2. The molecule has 102 valence electrons. The first-order chi connectivity index (χ1) is 9.39. The van der Waals surface area contributed by atoms with Crippen molar-refractivity contribution in [3.63, 3.8) is 0 Å². The highest BCUT2D eigenvalue weighted by Gasteiger charge is 2.38. The van der Waals surface area contributed by atoms with Crippen LogP contribution < -0.4 is 4.90 Å². The second-order valence-corrected chi connectivity index (χ2v) is 5.79. The zero-order valence-electron chi connectivity index (χ0n) is 11.5. The summed E-state index contributed by atoms with van der Waals surface area (Å²) in [7, 11) is 0. The van der Waals surface area contributed by atoms with E-state index < -0.39 is 0 Å². The van der Waals surface area contributed by atoms with E-state index in [-0.39, 0.29) is 23.0 Å². The summed E-state index contributed by atoms with van der Waals surface area (Å²) in [5, 5.41) is 3.86. The lowest BCUT2D eigenvalue weighted by Gasteiger charge is -2.12. The number of hydrogen-bond donors (Lipinski definition) is 0. The molecule has 1 aromatic heterocycles. The van der Waals surface area contributed by atoms with Crippen LogP contribution in [0.15, 0.2) is 34.9 Å². The summed E-state index contributed by atoms with van der Waals surface area (Å²) in [6.07, 6.45) is 0. The lowest BCUT2D eigenvalue weighted by atomic mass is 9.93. The van der Waals surface area contributed by atoms with Crippen molar-refractivity contribution < 1.29 is 14.1 Å². The number of benzene rings is 1. The van der Waals surface area contributed by atoms with Gasteiger partial charge < -0.3 is 4.52 Å². The van der Waals surface area contributed by atoms with E-state index in [1.165, 1.54) is 0 Å². The molecule has 0 fully saturated rings. The maximum Gasteiger partial charge on any atom is 0.267 e. The first kappa shape index (κ1) is 12.6. The SMILES string of the molecule is CC(C)(C)c1cc(N2C(=O)c3ccccc3C2=O)no1. The number of carbonyl (C=O) groups is 2. The topological polar surface area (TPSA) is 63.4 Å². The molecule has 0 spiro atoms. The molecule has 1 aliphatic rings. The quantitative estimate of drug-likeness (QED) is 0.747. The molecule has 0 atom stereocenters. The number of amides is 2. The van der Waals surface area contributed by atoms with Crippen molar-refractivity contribution in [3.05, 3.63) is 47.2 Å². The molecule has 2 amide bonds. The first-order valence-electron chi connectivity index (χ1n) is 6.34. The van der Waals surface area contributed by atoms with Crippen molar-refractivity contribution in [2.75, 3.05) is 4.90 Å². The van der Waals surface area contributed by atoms with Crippen LogP contribution in [-0.4, -0.2) is 17.0 Å². The standard InChI is InChI=1S/C15H14N2O3/c1-15(2,3)11-8-12(16-20-11)17-13(18)9-6-4-5-7-10(9)14(17)19/h4-8H,1-3H3. The molecule has 20 heavy (non-hydrogen) atoms. The highest BCUT2D eigenvalue weighted by molar-refractivity contribution is 6.34. The third-order valence-electron chi connectivity index (χ3n) is 3.26. The molecule has 5 nitrogen and oxygen atoms in total. The maximum absolute atomic E-state index is 12.3. The summed E-state index contributed by atoms with van der Waals surface area (Å²) < 4.78 is 5.24. The second-order valence-electron chi connectivity index (χ2n) is 5.79. The molecule has 5 heteroatoms. The fraction of sp³-hybridized carbons (Fsp3) is 0.267. The maximum atomic E-state index is 12.3. The summed E-state index contributed by atoms with van der Waals surface area (Å²) in [5.41, 5.74) is 0.569. The van der Waals surface area contributed by atoms with Crippen LogP contribution in [0.25, 0.3) is 0 Å². The van der Waals surface area contributed by atoms with Crippen LogP contribution in [0.2, 0.25) is 0 Å². The number of anilines is 1. The first-order valence-corrected chi connectivity index (χ1v) is 6.34. The summed E-state index contributed by atoms with van der Waals surface area (Å²) >= 11 is 0. The Morgan fingerprint density at radius 1 is 1.05 bits per heavy atom. The predicted octanol–water partition coefficient (Wildman–Crippen LogP) is 2.77. The van der Waals surface area contributed by atoms with Crippen molar-refractivity contribution >= 4 is 17.6 Å². The van der Waals surface area contributed by atoms with E-state index >= 15 is 0 Å². The molecule has 0 saturated heterocycles. The molecular weight excluding hydrogens is 256 g/mol. The molecule has 2 heterocycles. The van der Waals surface area contributed by atoms with Gasteiger partial charge in [0.15, 0.2) is 5.82 Å². The van der Waals surface area contributed by atoms with Gasteiger partial charge in [0.1, 0.15) is 5.76 Å². The van der Waals surface area contributed by atoms with Gasteiger partial charge in [0, 0.05) is 11.5 Å². The third-order valence-corrected chi connectivity index (χ3v) is 3.26. The summed E-state index contributed by atoms with van der Waals surface area (Å²) in [5.74, 6) is 0.142. The molecule has 0 saturated carbocycles. The van der Waals surface area contributed by atoms with Crippen molar-refractivity contribution in [1.82, 2.24) is 5.16 Å². The average molecular weight is 270 g/mol. The number of nitrogens with zero attached hydrogens (tertiary/aromatic N) is 2. The van der Waals surface area contributed by atoms with E-state index in [0.717, 1.165) is 4.90 Å². The van der Waals surface area contributed by atoms with E-state index in [9.17, 15) is 9.59 Å². The van der Waals surface area contributed by atoms with E-state index in [1.54, 1.807) is 30.3 Å². The highest BCUT2D eigenvalue weighted by atomic mass is 16.5. The Kier molecular flexibility index (Phi) is 2.54. The number of fused-ring (bicyclic) bond motifs is 1. The summed E-state index contributed by atoms with van der Waals surface area (Å²) in [4.78, 5) is 25.6. The molecule has 0 N–H and O–H groups in total. The zero-order chi connectivity index (χ0) is 14.5. The van der Waals surface area contributed by atoms with Crippen molar-refractivity contribution in [1.29, 1.82) is 0 Å². The monoisotopic (exact) mass is 270 g/mol. The highest BCUT2D eigenvalue weighted by Crippen LogP contribution is 2.31. The normalized spacial score (nSPS) is 14.8. The lowest BCUT2D eigenvalue weighted by molar-refractivity contribution is 0.0924. The van der Waals surface area contributed by atoms with Gasteiger partial charge in [-0.15, -0.1) is 0 Å². The number of imide groups is 1. The Morgan fingerprint density at radius 3 is 2.05 bits per heavy atom. The molecule has 0 unspecified atom stereocenters. The van der Waals surface area contributed by atoms with Gasteiger partial charge in [0.05, 0.1) is 11.1 Å². The van der Waals surface area contributed by atoms with E-state index in [4.69, 9.17) is 4.52 Å². The summed E-state index contributed by atoms with van der Waals surface area (Å²) in [6, 6.07) is 8.39. The molecule has 3 rings (SSSR count). The van der Waals surface area contributed by atoms with Gasteiger partial charge >= 0.3 is 0 Å². The van der Waals surface area contributed by atoms with Crippen LogP contribution in [0.1, 0.15) is 47.2 Å². The number of hydrogen-bond acceptors (Lipinski definition) is 4. The molecule has 1 aromatic carbocycles. The van der Waals surface area contributed by atoms with Gasteiger partial charge in [-0.3, -0.25) is 9.59 Å². The van der Waals surface area contributed by atoms with E-state index in [2.05, 4.69) is 5.16 Å². The van der Waals surface area contributed by atoms with Crippen LogP contribution in [-0.2, 0) is 5.41 Å². The Bertz CT molecular complexity index is 675. The second kappa shape index (κ2) is 4.03. The fourth-order valence-electron chi connectivity index (χ4n) is 2.12. The largest absolute Gasteiger partial charge is 0.359 e. The van der Waals surface area contributed by atoms with Crippen LogP contribution in [0.3, 0.4) is 0 Å². The average Bonchev–Trinajstić information content (AvgIpc) is 2.95. The number of rotatable bonds is 1. The number of aromatic nitrogens is 1. The van der Waals surface area contributed by atoms with Gasteiger partial charge in [0.2, 0.25) is 0 Å². The third kappa shape index (κ3) is 1.74. The Hall–Kier alpha value is -2.43. The van der Waals surface area contributed by atoms with E-state index in [1.807, 2.05) is 20.8 Å². The van der Waals surface area contributed by atoms with Gasteiger partial charge in [-0.05, 0) is 12.1 Å². The van der Waals surface area contributed by atoms with Gasteiger partial charge in [-0.25, -0.2) is 4.90 Å². The minimum atomic E-state index is -0.362. The molecule has 1 aliphatic heterocycles. The van der Waals surface area contributed by atoms with E-state index in [0.29, 0.717) is 16.9 Å². The molecule has 0 bridgehead atoms. The lowest BCUT2D eigenvalue weighted by Crippen LogP contribution is -2.29. The van der Waals surface area contributed by atoms with Crippen LogP contribution >= 0.6 is 0 Å². The van der Waals surface area contributed by atoms with Crippen LogP contribution in [0.5, 0.6) is 0 Å². The van der Waals surface area contributed by atoms with Gasteiger partial charge in [-0.2, -0.15) is 0 Å². The fourth-order valence-corrected chi connectivity index (χ4v) is 2.12. The van der Waals surface area contributed by atoms with Gasteiger partial charge in [0.25, 0.3) is 11.8 Å². The Morgan fingerprint density at radius 2 is 1.60 bits per heavy atom.